The van der Waals surface area contributed by atoms with Crippen molar-refractivity contribution in [2.75, 3.05) is 18.8 Å². The normalized spacial score (nSPS) is 14.8. The van der Waals surface area contributed by atoms with Crippen LogP contribution in [0.5, 0.6) is 0 Å². The zero-order valence-corrected chi connectivity index (χ0v) is 16.7. The summed E-state index contributed by atoms with van der Waals surface area (Å²) in [5, 5.41) is 9.64. The average Bonchev–Trinajstić information content (AvgIpc) is 3.24. The fourth-order valence-corrected chi connectivity index (χ4v) is 3.76. The Labute approximate surface area is 178 Å². The van der Waals surface area contributed by atoms with Crippen LogP contribution in [0.4, 0.5) is 5.82 Å². The number of hydrogen-bond acceptors (Lipinski definition) is 7. The first-order valence-corrected chi connectivity index (χ1v) is 10.1. The summed E-state index contributed by atoms with van der Waals surface area (Å²) in [6.45, 7) is 1.15. The first-order chi connectivity index (χ1) is 15.1. The molecular weight excluding hydrogens is 394 g/mol. The summed E-state index contributed by atoms with van der Waals surface area (Å²) in [6, 6.07) is 11.0. The maximum atomic E-state index is 12.7. The van der Waals surface area contributed by atoms with Crippen LogP contribution in [0.3, 0.4) is 0 Å². The maximum Gasteiger partial charge on any atom is 0.253 e. The number of nitrogens with zero attached hydrogens (tertiary/aromatic N) is 4. The molecule has 1 aromatic carbocycles. The van der Waals surface area contributed by atoms with E-state index in [2.05, 4.69) is 15.0 Å². The molecule has 0 unspecified atom stereocenters. The fraction of sp³-hybridized carbons (Fsp3) is 0.217. The van der Waals surface area contributed by atoms with Crippen LogP contribution in [0, 0.1) is 0 Å². The molecule has 3 N–H and O–H groups in total. The number of hydrogen-bond donors (Lipinski definition) is 2. The predicted molar refractivity (Wildman–Crippen MR) is 116 cm³/mol. The Morgan fingerprint density at radius 1 is 1.10 bits per heavy atom. The first-order valence-electron chi connectivity index (χ1n) is 10.1. The lowest BCUT2D eigenvalue weighted by molar-refractivity contribution is 0.0546. The highest BCUT2D eigenvalue weighted by Crippen LogP contribution is 2.31. The molecule has 1 fully saturated rings. The molecule has 0 radical (unpaired) electrons. The number of nitrogen functional groups attached to an aromatic ring is 1. The lowest BCUT2D eigenvalue weighted by atomic mass is 10.0. The zero-order chi connectivity index (χ0) is 21.4. The van der Waals surface area contributed by atoms with Gasteiger partial charge in [0.2, 0.25) is 5.89 Å². The Morgan fingerprint density at radius 2 is 1.87 bits per heavy atom. The number of aromatic nitrogens is 3. The molecular formula is C23H21N5O3. The van der Waals surface area contributed by atoms with E-state index in [1.165, 1.54) is 0 Å². The van der Waals surface area contributed by atoms with E-state index in [0.29, 0.717) is 59.9 Å². The standard InChI is InChI=1S/C23H21N5O3/c24-21-18(22-27-19-5-8-25-13-20(19)31-22)11-16(12-26-21)14-1-3-15(4-2-14)23(30)28-9-6-17(29)7-10-28/h1-5,8,11-13,17,29H,6-7,9-10H2,(H2,24,26). The first kappa shape index (κ1) is 19.2. The van der Waals surface area contributed by atoms with Gasteiger partial charge in [-0.25, -0.2) is 9.97 Å². The molecule has 1 saturated heterocycles. The lowest BCUT2D eigenvalue weighted by Gasteiger charge is -2.29. The van der Waals surface area contributed by atoms with Crippen LogP contribution in [0.1, 0.15) is 23.2 Å². The number of carbonyl (C=O) groups excluding carboxylic acids is 1. The lowest BCUT2D eigenvalue weighted by Crippen LogP contribution is -2.40. The number of rotatable bonds is 3. The highest BCUT2D eigenvalue weighted by atomic mass is 16.3. The Bertz CT molecular complexity index is 1210. The van der Waals surface area contributed by atoms with Crippen molar-refractivity contribution in [1.29, 1.82) is 0 Å². The molecule has 1 amide bonds. The summed E-state index contributed by atoms with van der Waals surface area (Å²) in [5.74, 6) is 0.686. The van der Waals surface area contributed by atoms with Crippen LogP contribution < -0.4 is 5.73 Å². The molecule has 0 atom stereocenters. The molecule has 156 valence electrons. The molecule has 8 nitrogen and oxygen atoms in total. The van der Waals surface area contributed by atoms with Crippen LogP contribution in [0.15, 0.2) is 59.4 Å². The van der Waals surface area contributed by atoms with Crippen molar-refractivity contribution >= 4 is 22.8 Å². The molecule has 0 saturated carbocycles. The molecule has 4 heterocycles. The summed E-state index contributed by atoms with van der Waals surface area (Å²) in [7, 11) is 0. The Morgan fingerprint density at radius 3 is 2.61 bits per heavy atom. The predicted octanol–water partition coefficient (Wildman–Crippen LogP) is 3.13. The van der Waals surface area contributed by atoms with Crippen LogP contribution in [0.2, 0.25) is 0 Å². The van der Waals surface area contributed by atoms with E-state index in [0.717, 1.165) is 11.1 Å². The van der Waals surface area contributed by atoms with Crippen LogP contribution in [0.25, 0.3) is 33.7 Å². The number of likely N-dealkylation sites (tertiary alicyclic amines) is 1. The van der Waals surface area contributed by atoms with E-state index in [1.807, 2.05) is 30.3 Å². The second-order valence-corrected chi connectivity index (χ2v) is 7.62. The van der Waals surface area contributed by atoms with Gasteiger partial charge in [0.05, 0.1) is 17.9 Å². The second-order valence-electron chi connectivity index (χ2n) is 7.62. The second kappa shape index (κ2) is 7.81. The van der Waals surface area contributed by atoms with E-state index < -0.39 is 0 Å². The number of anilines is 1. The molecule has 4 aromatic rings. The van der Waals surface area contributed by atoms with Crippen LogP contribution in [-0.2, 0) is 0 Å². The summed E-state index contributed by atoms with van der Waals surface area (Å²) < 4.78 is 5.79. The largest absolute Gasteiger partial charge is 0.434 e. The third kappa shape index (κ3) is 3.73. The number of nitrogens with two attached hydrogens (primary N) is 1. The Hall–Kier alpha value is -3.78. The summed E-state index contributed by atoms with van der Waals surface area (Å²) in [4.78, 5) is 27.3. The van der Waals surface area contributed by atoms with Gasteiger partial charge >= 0.3 is 0 Å². The molecule has 3 aromatic heterocycles. The van der Waals surface area contributed by atoms with Gasteiger partial charge in [0, 0.05) is 36.6 Å². The van der Waals surface area contributed by atoms with E-state index in [9.17, 15) is 9.90 Å². The number of carbonyl (C=O) groups is 1. The Kier molecular flexibility index (Phi) is 4.83. The third-order valence-corrected chi connectivity index (χ3v) is 5.56. The van der Waals surface area contributed by atoms with Crippen molar-refractivity contribution in [2.45, 2.75) is 18.9 Å². The third-order valence-electron chi connectivity index (χ3n) is 5.56. The zero-order valence-electron chi connectivity index (χ0n) is 16.7. The minimum absolute atomic E-state index is 0.0188. The molecule has 0 bridgehead atoms. The quantitative estimate of drug-likeness (QED) is 0.528. The molecule has 0 spiro atoms. The monoisotopic (exact) mass is 415 g/mol. The molecule has 1 aliphatic heterocycles. The van der Waals surface area contributed by atoms with Crippen molar-refractivity contribution in [3.05, 3.63) is 60.6 Å². The van der Waals surface area contributed by atoms with Gasteiger partial charge in [-0.1, -0.05) is 12.1 Å². The van der Waals surface area contributed by atoms with Crippen molar-refractivity contribution < 1.29 is 14.3 Å². The van der Waals surface area contributed by atoms with E-state index in [-0.39, 0.29) is 12.0 Å². The van der Waals surface area contributed by atoms with Crippen molar-refractivity contribution in [1.82, 2.24) is 19.9 Å². The number of piperidine rings is 1. The fourth-order valence-electron chi connectivity index (χ4n) is 3.76. The van der Waals surface area contributed by atoms with Gasteiger partial charge in [0.15, 0.2) is 5.58 Å². The maximum absolute atomic E-state index is 12.7. The highest BCUT2D eigenvalue weighted by molar-refractivity contribution is 5.95. The van der Waals surface area contributed by atoms with Crippen LogP contribution >= 0.6 is 0 Å². The van der Waals surface area contributed by atoms with Gasteiger partial charge in [-0.15, -0.1) is 0 Å². The number of aliphatic hydroxyl groups is 1. The molecule has 5 rings (SSSR count). The summed E-state index contributed by atoms with van der Waals surface area (Å²) >= 11 is 0. The number of amides is 1. The molecule has 0 aliphatic carbocycles. The number of pyridine rings is 2. The molecule has 8 heteroatoms. The van der Waals surface area contributed by atoms with Gasteiger partial charge in [-0.05, 0) is 42.7 Å². The Balaban J connectivity index is 1.41. The number of fused-ring (bicyclic) bond motifs is 1. The van der Waals surface area contributed by atoms with Gasteiger partial charge in [-0.3, -0.25) is 9.78 Å². The van der Waals surface area contributed by atoms with Crippen molar-refractivity contribution in [3.63, 3.8) is 0 Å². The van der Waals surface area contributed by atoms with Gasteiger partial charge in [0.25, 0.3) is 5.91 Å². The SMILES string of the molecule is Nc1ncc(-c2ccc(C(=O)N3CCC(O)CC3)cc2)cc1-c1nc2ccncc2o1. The minimum Gasteiger partial charge on any atom is -0.434 e. The smallest absolute Gasteiger partial charge is 0.253 e. The van der Waals surface area contributed by atoms with E-state index >= 15 is 0 Å². The average molecular weight is 415 g/mol. The van der Waals surface area contributed by atoms with Crippen molar-refractivity contribution in [2.24, 2.45) is 0 Å². The van der Waals surface area contributed by atoms with Gasteiger partial charge < -0.3 is 20.2 Å². The number of benzene rings is 1. The van der Waals surface area contributed by atoms with Crippen LogP contribution in [-0.4, -0.2) is 50.1 Å². The van der Waals surface area contributed by atoms with Gasteiger partial charge in [0.1, 0.15) is 11.3 Å². The van der Waals surface area contributed by atoms with E-state index in [4.69, 9.17) is 10.2 Å². The number of oxazole rings is 1. The molecule has 1 aliphatic rings. The number of aliphatic hydroxyl groups excluding tert-OH is 1. The highest BCUT2D eigenvalue weighted by Gasteiger charge is 2.22. The van der Waals surface area contributed by atoms with E-state index in [1.54, 1.807) is 29.6 Å². The molecule has 31 heavy (non-hydrogen) atoms. The van der Waals surface area contributed by atoms with Crippen molar-refractivity contribution in [3.8, 4) is 22.6 Å². The topological polar surface area (TPSA) is 118 Å². The van der Waals surface area contributed by atoms with Gasteiger partial charge in [-0.2, -0.15) is 0 Å². The summed E-state index contributed by atoms with van der Waals surface area (Å²) in [5.41, 5.74) is 10.3. The summed E-state index contributed by atoms with van der Waals surface area (Å²) in [6.07, 6.45) is 5.88. The minimum atomic E-state index is -0.309.